The van der Waals surface area contributed by atoms with E-state index >= 15 is 0 Å². The Morgan fingerprint density at radius 2 is 2.09 bits per heavy atom. The lowest BCUT2D eigenvalue weighted by atomic mass is 10.2. The number of benzene rings is 1. The summed E-state index contributed by atoms with van der Waals surface area (Å²) in [4.78, 5) is 24.2. The molecule has 3 rings (SSSR count). The van der Waals surface area contributed by atoms with E-state index in [0.29, 0.717) is 22.1 Å². The van der Waals surface area contributed by atoms with Gasteiger partial charge in [-0.2, -0.15) is 0 Å². The van der Waals surface area contributed by atoms with Gasteiger partial charge in [0.2, 0.25) is 6.10 Å². The summed E-state index contributed by atoms with van der Waals surface area (Å²) < 4.78 is 16.1. The summed E-state index contributed by atoms with van der Waals surface area (Å²) in [5, 5.41) is 4.86. The maximum atomic E-state index is 12.3. The third-order valence-electron chi connectivity index (χ3n) is 3.20. The maximum Gasteiger partial charge on any atom is 0.341 e. The minimum absolute atomic E-state index is 0.114. The fourth-order valence-electron chi connectivity index (χ4n) is 2.12. The number of ether oxygens (including phenoxy) is 3. The topological polar surface area (TPSA) is 73.9 Å². The molecule has 0 fully saturated rings. The average molecular weight is 333 g/mol. The second kappa shape index (κ2) is 6.70. The zero-order valence-corrected chi connectivity index (χ0v) is 13.2. The van der Waals surface area contributed by atoms with Crippen molar-refractivity contribution in [1.82, 2.24) is 0 Å². The fraction of sp³-hybridized carbons (Fsp3) is 0.250. The molecule has 1 aromatic carbocycles. The first-order chi connectivity index (χ1) is 11.2. The average Bonchev–Trinajstić information content (AvgIpc) is 3.03. The van der Waals surface area contributed by atoms with Crippen molar-refractivity contribution in [3.05, 3.63) is 41.3 Å². The van der Waals surface area contributed by atoms with Gasteiger partial charge in [-0.1, -0.05) is 12.1 Å². The predicted molar refractivity (Wildman–Crippen MR) is 85.3 cm³/mol. The van der Waals surface area contributed by atoms with Gasteiger partial charge in [0.15, 0.2) is 11.5 Å². The van der Waals surface area contributed by atoms with Crippen LogP contribution in [0.3, 0.4) is 0 Å². The molecule has 1 atom stereocenters. The van der Waals surface area contributed by atoms with Gasteiger partial charge in [0.25, 0.3) is 5.91 Å². The molecule has 2 heterocycles. The molecule has 1 aliphatic heterocycles. The van der Waals surface area contributed by atoms with Crippen molar-refractivity contribution in [2.45, 2.75) is 13.0 Å². The molecule has 1 N–H and O–H groups in total. The van der Waals surface area contributed by atoms with E-state index in [1.165, 1.54) is 11.3 Å². The lowest BCUT2D eigenvalue weighted by Gasteiger charge is -2.25. The first kappa shape index (κ1) is 15.4. The Morgan fingerprint density at radius 1 is 1.30 bits per heavy atom. The second-order valence-corrected chi connectivity index (χ2v) is 5.65. The molecule has 1 aromatic heterocycles. The highest BCUT2D eigenvalue weighted by atomic mass is 32.1. The highest BCUT2D eigenvalue weighted by Gasteiger charge is 2.28. The number of esters is 1. The molecular weight excluding hydrogens is 318 g/mol. The van der Waals surface area contributed by atoms with Gasteiger partial charge in [0, 0.05) is 0 Å². The summed E-state index contributed by atoms with van der Waals surface area (Å²) in [5.74, 6) is 0.304. The molecule has 0 saturated carbocycles. The van der Waals surface area contributed by atoms with E-state index in [-0.39, 0.29) is 19.1 Å². The van der Waals surface area contributed by atoms with E-state index in [1.54, 1.807) is 36.6 Å². The SMILES string of the molecule is CCOC(=O)c1ccsc1NC(=O)[C@@H]1COc2ccccc2O1. The number of carbonyl (C=O) groups is 2. The van der Waals surface area contributed by atoms with Crippen LogP contribution in [0.5, 0.6) is 11.5 Å². The predicted octanol–water partition coefficient (Wildman–Crippen LogP) is 2.70. The van der Waals surface area contributed by atoms with Gasteiger partial charge in [-0.15, -0.1) is 11.3 Å². The zero-order valence-electron chi connectivity index (χ0n) is 12.4. The Bertz CT molecular complexity index is 727. The van der Waals surface area contributed by atoms with E-state index in [4.69, 9.17) is 14.2 Å². The number of amides is 1. The minimum Gasteiger partial charge on any atom is -0.485 e. The van der Waals surface area contributed by atoms with Crippen LogP contribution >= 0.6 is 11.3 Å². The van der Waals surface area contributed by atoms with Crippen LogP contribution in [0.4, 0.5) is 5.00 Å². The van der Waals surface area contributed by atoms with Gasteiger partial charge >= 0.3 is 5.97 Å². The Hall–Kier alpha value is -2.54. The Labute approximate surface area is 137 Å². The van der Waals surface area contributed by atoms with Gasteiger partial charge in [-0.3, -0.25) is 4.79 Å². The molecule has 0 spiro atoms. The van der Waals surface area contributed by atoms with Gasteiger partial charge in [-0.25, -0.2) is 4.79 Å². The smallest absolute Gasteiger partial charge is 0.341 e. The van der Waals surface area contributed by atoms with Crippen molar-refractivity contribution < 1.29 is 23.8 Å². The minimum atomic E-state index is -0.776. The van der Waals surface area contributed by atoms with Crippen LogP contribution in [0.2, 0.25) is 0 Å². The Kier molecular flexibility index (Phi) is 4.47. The lowest BCUT2D eigenvalue weighted by molar-refractivity contribution is -0.125. The molecule has 1 amide bonds. The van der Waals surface area contributed by atoms with Gasteiger partial charge in [0.05, 0.1) is 12.2 Å². The summed E-state index contributed by atoms with van der Waals surface area (Å²) in [6.45, 7) is 2.12. The molecule has 2 aromatic rings. The fourth-order valence-corrected chi connectivity index (χ4v) is 2.89. The first-order valence-electron chi connectivity index (χ1n) is 7.13. The van der Waals surface area contributed by atoms with E-state index < -0.39 is 12.1 Å². The number of hydrogen-bond donors (Lipinski definition) is 1. The highest BCUT2D eigenvalue weighted by Crippen LogP contribution is 2.31. The van der Waals surface area contributed by atoms with Crippen LogP contribution in [-0.4, -0.2) is 31.2 Å². The van der Waals surface area contributed by atoms with Crippen LogP contribution in [0.1, 0.15) is 17.3 Å². The molecular formula is C16H15NO5S. The maximum absolute atomic E-state index is 12.3. The summed E-state index contributed by atoms with van der Waals surface area (Å²) in [7, 11) is 0. The molecule has 0 aliphatic carbocycles. The van der Waals surface area contributed by atoms with Gasteiger partial charge in [-0.05, 0) is 30.5 Å². The highest BCUT2D eigenvalue weighted by molar-refractivity contribution is 7.14. The molecule has 120 valence electrons. The molecule has 0 unspecified atom stereocenters. The molecule has 0 radical (unpaired) electrons. The van der Waals surface area contributed by atoms with Crippen LogP contribution in [0, 0.1) is 0 Å². The summed E-state index contributed by atoms with van der Waals surface area (Å²) >= 11 is 1.25. The number of fused-ring (bicyclic) bond motifs is 1. The molecule has 7 heteroatoms. The summed E-state index contributed by atoms with van der Waals surface area (Å²) in [5.41, 5.74) is 0.335. The Balaban J connectivity index is 1.69. The zero-order chi connectivity index (χ0) is 16.2. The summed E-state index contributed by atoms with van der Waals surface area (Å²) in [6, 6.07) is 8.78. The standard InChI is InChI=1S/C16H15NO5S/c1-2-20-16(19)10-7-8-23-15(10)17-14(18)13-9-21-11-5-3-4-6-12(11)22-13/h3-8,13H,2,9H2,1H3,(H,17,18)/t13-/m0/s1. The number of para-hydroxylation sites is 2. The first-order valence-corrected chi connectivity index (χ1v) is 8.01. The van der Waals surface area contributed by atoms with Crippen molar-refractivity contribution in [2.24, 2.45) is 0 Å². The van der Waals surface area contributed by atoms with Gasteiger partial charge < -0.3 is 19.5 Å². The third-order valence-corrected chi connectivity index (χ3v) is 4.03. The monoisotopic (exact) mass is 333 g/mol. The van der Waals surface area contributed by atoms with E-state index in [0.717, 1.165) is 0 Å². The van der Waals surface area contributed by atoms with E-state index in [1.807, 2.05) is 6.07 Å². The van der Waals surface area contributed by atoms with Crippen LogP contribution < -0.4 is 14.8 Å². The molecule has 1 aliphatic rings. The van der Waals surface area contributed by atoms with Crippen molar-refractivity contribution in [3.8, 4) is 11.5 Å². The van der Waals surface area contributed by atoms with E-state index in [9.17, 15) is 9.59 Å². The second-order valence-electron chi connectivity index (χ2n) is 4.74. The van der Waals surface area contributed by atoms with Crippen molar-refractivity contribution in [1.29, 1.82) is 0 Å². The number of hydrogen-bond acceptors (Lipinski definition) is 6. The largest absolute Gasteiger partial charge is 0.485 e. The Morgan fingerprint density at radius 3 is 2.87 bits per heavy atom. The van der Waals surface area contributed by atoms with Crippen molar-refractivity contribution in [3.63, 3.8) is 0 Å². The van der Waals surface area contributed by atoms with Crippen molar-refractivity contribution in [2.75, 3.05) is 18.5 Å². The number of carbonyl (C=O) groups excluding carboxylic acids is 2. The number of thiophene rings is 1. The number of nitrogens with one attached hydrogen (secondary N) is 1. The van der Waals surface area contributed by atoms with Crippen LogP contribution in [-0.2, 0) is 9.53 Å². The van der Waals surface area contributed by atoms with Crippen LogP contribution in [0.25, 0.3) is 0 Å². The number of rotatable bonds is 4. The molecule has 6 nitrogen and oxygen atoms in total. The normalized spacial score (nSPS) is 15.8. The quantitative estimate of drug-likeness (QED) is 0.871. The van der Waals surface area contributed by atoms with Crippen LogP contribution in [0.15, 0.2) is 35.7 Å². The molecule has 23 heavy (non-hydrogen) atoms. The molecule has 0 bridgehead atoms. The van der Waals surface area contributed by atoms with Crippen molar-refractivity contribution >= 4 is 28.2 Å². The molecule has 0 saturated heterocycles. The lowest BCUT2D eigenvalue weighted by Crippen LogP contribution is -2.40. The third kappa shape index (κ3) is 3.29. The summed E-state index contributed by atoms with van der Waals surface area (Å²) in [6.07, 6.45) is -0.776. The van der Waals surface area contributed by atoms with Gasteiger partial charge in [0.1, 0.15) is 11.6 Å². The number of anilines is 1. The van der Waals surface area contributed by atoms with E-state index in [2.05, 4.69) is 5.32 Å².